The third-order valence-corrected chi connectivity index (χ3v) is 2.61. The molecule has 0 saturated heterocycles. The van der Waals surface area contributed by atoms with Crippen LogP contribution in [0, 0.1) is 0 Å². The normalized spacial score (nSPS) is 11.8. The Morgan fingerprint density at radius 3 is 2.81 bits per heavy atom. The standard InChI is InChI=1S/C13H14F3N3O2/c14-13(15,16)10-3-1-2-9(6-10)7-11-18-12(21-19-11)8-20-5-4-17/h1-3,6H,4-5,7-8,17H2. The Balaban J connectivity index is 2.02. The van der Waals surface area contributed by atoms with E-state index in [-0.39, 0.29) is 18.9 Å². The number of alkyl halides is 3. The third kappa shape index (κ3) is 4.54. The molecule has 1 aromatic carbocycles. The Labute approximate surface area is 118 Å². The number of hydrogen-bond donors (Lipinski definition) is 1. The van der Waals surface area contributed by atoms with Gasteiger partial charge in [-0.3, -0.25) is 0 Å². The zero-order valence-electron chi connectivity index (χ0n) is 11.1. The molecule has 0 saturated carbocycles. The lowest BCUT2D eigenvalue weighted by atomic mass is 10.1. The van der Waals surface area contributed by atoms with Crippen LogP contribution in [0.2, 0.25) is 0 Å². The van der Waals surface area contributed by atoms with Crippen molar-refractivity contribution in [3.05, 3.63) is 47.1 Å². The third-order valence-electron chi connectivity index (χ3n) is 2.61. The lowest BCUT2D eigenvalue weighted by Crippen LogP contribution is -2.08. The van der Waals surface area contributed by atoms with E-state index in [9.17, 15) is 13.2 Å². The summed E-state index contributed by atoms with van der Waals surface area (Å²) < 4.78 is 47.9. The molecule has 1 heterocycles. The quantitative estimate of drug-likeness (QED) is 0.828. The Morgan fingerprint density at radius 2 is 2.10 bits per heavy atom. The van der Waals surface area contributed by atoms with Crippen LogP contribution in [-0.4, -0.2) is 23.3 Å². The fourth-order valence-corrected chi connectivity index (χ4v) is 1.70. The Kier molecular flexibility index (Phi) is 4.92. The largest absolute Gasteiger partial charge is 0.416 e. The SMILES string of the molecule is NCCOCc1nc(Cc2cccc(C(F)(F)F)c2)no1. The first-order valence-electron chi connectivity index (χ1n) is 6.24. The number of rotatable bonds is 6. The summed E-state index contributed by atoms with van der Waals surface area (Å²) in [5.74, 6) is 0.575. The minimum absolute atomic E-state index is 0.132. The van der Waals surface area contributed by atoms with Crippen LogP contribution in [0.4, 0.5) is 13.2 Å². The molecule has 0 radical (unpaired) electrons. The maximum atomic E-state index is 12.6. The van der Waals surface area contributed by atoms with Gasteiger partial charge in [-0.15, -0.1) is 0 Å². The van der Waals surface area contributed by atoms with E-state index in [1.807, 2.05) is 0 Å². The van der Waals surface area contributed by atoms with E-state index in [2.05, 4.69) is 10.1 Å². The molecule has 2 rings (SSSR count). The smallest absolute Gasteiger partial charge is 0.370 e. The fourth-order valence-electron chi connectivity index (χ4n) is 1.70. The molecule has 0 atom stereocenters. The maximum absolute atomic E-state index is 12.6. The van der Waals surface area contributed by atoms with Crippen LogP contribution in [0.5, 0.6) is 0 Å². The van der Waals surface area contributed by atoms with Gasteiger partial charge in [0.05, 0.1) is 12.2 Å². The second-order valence-electron chi connectivity index (χ2n) is 4.32. The Hall–Kier alpha value is -1.93. The second-order valence-corrected chi connectivity index (χ2v) is 4.32. The number of nitrogens with two attached hydrogens (primary N) is 1. The molecule has 0 fully saturated rings. The number of hydrogen-bond acceptors (Lipinski definition) is 5. The van der Waals surface area contributed by atoms with Crippen molar-refractivity contribution in [3.8, 4) is 0 Å². The van der Waals surface area contributed by atoms with Crippen molar-refractivity contribution in [1.82, 2.24) is 10.1 Å². The average molecular weight is 301 g/mol. The van der Waals surface area contributed by atoms with Crippen molar-refractivity contribution in [2.75, 3.05) is 13.2 Å². The number of benzene rings is 1. The van der Waals surface area contributed by atoms with Gasteiger partial charge in [0.2, 0.25) is 0 Å². The highest BCUT2D eigenvalue weighted by Gasteiger charge is 2.30. The van der Waals surface area contributed by atoms with Gasteiger partial charge in [-0.25, -0.2) is 0 Å². The molecule has 21 heavy (non-hydrogen) atoms. The van der Waals surface area contributed by atoms with E-state index < -0.39 is 11.7 Å². The summed E-state index contributed by atoms with van der Waals surface area (Å²) in [7, 11) is 0. The second kappa shape index (κ2) is 6.68. The number of halogens is 3. The van der Waals surface area contributed by atoms with Crippen LogP contribution in [0.25, 0.3) is 0 Å². The van der Waals surface area contributed by atoms with Gasteiger partial charge in [0.1, 0.15) is 6.61 Å². The van der Waals surface area contributed by atoms with Gasteiger partial charge in [-0.1, -0.05) is 23.4 Å². The molecule has 1 aromatic heterocycles. The average Bonchev–Trinajstić information content (AvgIpc) is 2.86. The van der Waals surface area contributed by atoms with Crippen molar-refractivity contribution in [1.29, 1.82) is 0 Å². The zero-order valence-corrected chi connectivity index (χ0v) is 11.1. The fraction of sp³-hybridized carbons (Fsp3) is 0.385. The first kappa shape index (κ1) is 15.5. The maximum Gasteiger partial charge on any atom is 0.416 e. The van der Waals surface area contributed by atoms with Crippen LogP contribution in [-0.2, 0) is 23.9 Å². The summed E-state index contributed by atoms with van der Waals surface area (Å²) in [6, 6.07) is 5.02. The van der Waals surface area contributed by atoms with Gasteiger partial charge in [-0.05, 0) is 11.6 Å². The number of aromatic nitrogens is 2. The highest BCUT2D eigenvalue weighted by molar-refractivity contribution is 5.27. The molecule has 0 aliphatic carbocycles. The Morgan fingerprint density at radius 1 is 1.29 bits per heavy atom. The summed E-state index contributed by atoms with van der Waals surface area (Å²) in [6.07, 6.45) is -4.21. The predicted molar refractivity (Wildman–Crippen MR) is 67.3 cm³/mol. The van der Waals surface area contributed by atoms with Gasteiger partial charge >= 0.3 is 6.18 Å². The molecule has 0 spiro atoms. The molecule has 0 unspecified atom stereocenters. The number of nitrogens with zero attached hydrogens (tertiary/aromatic N) is 2. The van der Waals surface area contributed by atoms with Gasteiger partial charge in [0.25, 0.3) is 5.89 Å². The Bertz CT molecular complexity index is 584. The molecule has 2 aromatic rings. The van der Waals surface area contributed by atoms with E-state index in [0.29, 0.717) is 24.5 Å². The molecule has 0 aliphatic rings. The van der Waals surface area contributed by atoms with Crippen LogP contribution in [0.1, 0.15) is 22.8 Å². The molecule has 0 amide bonds. The molecule has 5 nitrogen and oxygen atoms in total. The van der Waals surface area contributed by atoms with Crippen LogP contribution in [0.15, 0.2) is 28.8 Å². The zero-order chi connectivity index (χ0) is 15.3. The molecule has 8 heteroatoms. The van der Waals surface area contributed by atoms with E-state index in [4.69, 9.17) is 15.0 Å². The first-order chi connectivity index (χ1) is 9.99. The van der Waals surface area contributed by atoms with Crippen LogP contribution >= 0.6 is 0 Å². The van der Waals surface area contributed by atoms with Crippen LogP contribution in [0.3, 0.4) is 0 Å². The van der Waals surface area contributed by atoms with Crippen molar-refractivity contribution >= 4 is 0 Å². The molecular weight excluding hydrogens is 287 g/mol. The molecular formula is C13H14F3N3O2. The summed E-state index contributed by atoms with van der Waals surface area (Å²) >= 11 is 0. The summed E-state index contributed by atoms with van der Waals surface area (Å²) in [6.45, 7) is 0.878. The number of ether oxygens (including phenoxy) is 1. The van der Waals surface area contributed by atoms with Gasteiger partial charge in [-0.2, -0.15) is 18.2 Å². The molecule has 0 aliphatic heterocycles. The minimum Gasteiger partial charge on any atom is -0.370 e. The lowest BCUT2D eigenvalue weighted by Gasteiger charge is -2.07. The predicted octanol–water partition coefficient (Wildman–Crippen LogP) is 2.15. The summed E-state index contributed by atoms with van der Waals surface area (Å²) in [5, 5.41) is 3.70. The lowest BCUT2D eigenvalue weighted by molar-refractivity contribution is -0.137. The molecule has 2 N–H and O–H groups in total. The van der Waals surface area contributed by atoms with E-state index in [1.54, 1.807) is 6.07 Å². The van der Waals surface area contributed by atoms with E-state index >= 15 is 0 Å². The van der Waals surface area contributed by atoms with E-state index in [1.165, 1.54) is 6.07 Å². The van der Waals surface area contributed by atoms with Crippen molar-refractivity contribution < 1.29 is 22.4 Å². The first-order valence-corrected chi connectivity index (χ1v) is 6.24. The highest BCUT2D eigenvalue weighted by Crippen LogP contribution is 2.29. The van der Waals surface area contributed by atoms with Crippen molar-refractivity contribution in [2.24, 2.45) is 5.73 Å². The molecule has 114 valence electrons. The van der Waals surface area contributed by atoms with Crippen molar-refractivity contribution in [3.63, 3.8) is 0 Å². The van der Waals surface area contributed by atoms with Crippen molar-refractivity contribution in [2.45, 2.75) is 19.2 Å². The van der Waals surface area contributed by atoms with Gasteiger partial charge in [0.15, 0.2) is 5.82 Å². The van der Waals surface area contributed by atoms with Crippen LogP contribution < -0.4 is 5.73 Å². The highest BCUT2D eigenvalue weighted by atomic mass is 19.4. The summed E-state index contributed by atoms with van der Waals surface area (Å²) in [4.78, 5) is 4.04. The van der Waals surface area contributed by atoms with E-state index in [0.717, 1.165) is 12.1 Å². The summed E-state index contributed by atoms with van der Waals surface area (Å²) in [5.41, 5.74) is 5.03. The van der Waals surface area contributed by atoms with Gasteiger partial charge in [0, 0.05) is 13.0 Å². The molecule has 0 bridgehead atoms. The minimum atomic E-state index is -4.37. The van der Waals surface area contributed by atoms with Gasteiger partial charge < -0.3 is 15.0 Å². The topological polar surface area (TPSA) is 74.2 Å². The monoisotopic (exact) mass is 301 g/mol.